The standard InChI is InChI=1S/2C21H32O4.2C20H30O4/c1-13(2)8-21(25-18(22)12-24-19(23)14(3)4)16-6-15-7-17(21)11-20(5,9-15)10-16;1-6-14(4)21(25-18(22)12-24-19(23)13(2)3)16-7-15-8-17(21)11-20(5,9-15)10-16;1-5-17(21)23-12-18(22)24-20(8-13(2)3)15-6-14-7-16(20)11-19(4,9-14)10-15;1-5-13(3)20(24-18(22)12-23-17(21)6-2)15-7-14-8-16(20)11-19(4,9-14)10-15/h13,15-17H,3,6-12H2,1-2,4-5H3;14-17H,2,6-12H2,1,3-5H3;5,13-16H,1,6-12H2,2-4H3;6,13-16H,2,5,7-12H2,1,3-4H3. The van der Waals surface area contributed by atoms with E-state index in [0.29, 0.717) is 104 Å². The molecular formula is C82H124O16. The summed E-state index contributed by atoms with van der Waals surface area (Å²) in [6, 6.07) is 0. The molecular weight excluding hydrogens is 1240 g/mol. The summed E-state index contributed by atoms with van der Waals surface area (Å²) in [6.45, 7) is 42.9. The van der Waals surface area contributed by atoms with Crippen molar-refractivity contribution in [1.29, 1.82) is 0 Å². The summed E-state index contributed by atoms with van der Waals surface area (Å²) in [4.78, 5) is 95.4. The van der Waals surface area contributed by atoms with Gasteiger partial charge in [0, 0.05) is 47.0 Å². The van der Waals surface area contributed by atoms with Crippen molar-refractivity contribution in [2.75, 3.05) is 26.4 Å². The van der Waals surface area contributed by atoms with E-state index in [2.05, 4.69) is 109 Å². The maximum Gasteiger partial charge on any atom is 0.344 e. The number of hydrogen-bond donors (Lipinski definition) is 0. The van der Waals surface area contributed by atoms with Crippen LogP contribution in [0.25, 0.3) is 0 Å². The van der Waals surface area contributed by atoms with E-state index in [0.717, 1.165) is 113 Å². The molecule has 16 aliphatic rings. The second kappa shape index (κ2) is 30.0. The molecule has 0 aromatic carbocycles. The van der Waals surface area contributed by atoms with Crippen molar-refractivity contribution < 1.29 is 76.3 Å². The first-order valence-corrected chi connectivity index (χ1v) is 38.0. The number of hydrogen-bond acceptors (Lipinski definition) is 16. The zero-order valence-corrected chi connectivity index (χ0v) is 62.6. The van der Waals surface area contributed by atoms with E-state index in [9.17, 15) is 38.4 Å². The van der Waals surface area contributed by atoms with Crippen LogP contribution in [0.5, 0.6) is 0 Å². The van der Waals surface area contributed by atoms with Gasteiger partial charge in [0.15, 0.2) is 26.4 Å². The molecule has 16 saturated carbocycles. The van der Waals surface area contributed by atoms with Crippen LogP contribution < -0.4 is 0 Å². The Balaban J connectivity index is 0.000000153. The number of carbonyl (C=O) groups excluding carboxylic acids is 8. The number of esters is 8. The highest BCUT2D eigenvalue weighted by molar-refractivity contribution is 5.89. The number of rotatable bonds is 24. The normalized spacial score (nSPS) is 39.8. The second-order valence-electron chi connectivity index (χ2n) is 36.3. The SMILES string of the molecule is C=C(C)C(=O)OCC(=O)OC1(C(C)CC)C2CC3CC1CC(C)(C3)C2.C=C(C)C(=O)OCC(=O)OC1(CC(C)C)C2CC3CC1CC(C)(C3)C2.C=CC(=O)OCC(=O)OC1(C(C)CC)C2CC3CC1CC(C)(C3)C2.C=CC(=O)OCC(=O)OC1(CC(C)C)C2CC3CC1CC(C)(C3)C2. The van der Waals surface area contributed by atoms with Gasteiger partial charge in [0.25, 0.3) is 0 Å². The molecule has 16 heteroatoms. The molecule has 16 nitrogen and oxygen atoms in total. The van der Waals surface area contributed by atoms with Crippen molar-refractivity contribution in [3.8, 4) is 0 Å². The van der Waals surface area contributed by atoms with Gasteiger partial charge in [0.1, 0.15) is 22.4 Å². The molecule has 0 radical (unpaired) electrons. The summed E-state index contributed by atoms with van der Waals surface area (Å²) >= 11 is 0. The number of ether oxygens (including phenoxy) is 8. The summed E-state index contributed by atoms with van der Waals surface area (Å²) in [5.41, 5.74) is 0.829. The molecule has 0 amide bonds. The van der Waals surface area contributed by atoms with Crippen LogP contribution in [0.1, 0.15) is 251 Å². The van der Waals surface area contributed by atoms with Gasteiger partial charge in [-0.25, -0.2) is 38.4 Å². The Bertz CT molecular complexity index is 2960. The van der Waals surface area contributed by atoms with Crippen LogP contribution in [0, 0.1) is 116 Å². The van der Waals surface area contributed by atoms with Gasteiger partial charge in [-0.1, -0.05) is 109 Å². The molecule has 10 atom stereocenters. The first-order valence-electron chi connectivity index (χ1n) is 38.0. The fourth-order valence-electron chi connectivity index (χ4n) is 24.6. The average Bonchev–Trinajstić information content (AvgIpc) is 0.735. The highest BCUT2D eigenvalue weighted by atomic mass is 16.6. The lowest BCUT2D eigenvalue weighted by molar-refractivity contribution is -0.242. The van der Waals surface area contributed by atoms with E-state index in [-0.39, 0.29) is 48.8 Å². The van der Waals surface area contributed by atoms with Crippen LogP contribution >= 0.6 is 0 Å². The van der Waals surface area contributed by atoms with Crippen LogP contribution in [-0.4, -0.2) is 96.6 Å². The van der Waals surface area contributed by atoms with Crippen molar-refractivity contribution >= 4 is 47.8 Å². The van der Waals surface area contributed by atoms with Gasteiger partial charge in [0.05, 0.1) is 0 Å². The maximum absolute atomic E-state index is 12.5. The highest BCUT2D eigenvalue weighted by Gasteiger charge is 2.68. The lowest BCUT2D eigenvalue weighted by Gasteiger charge is -2.65. The third kappa shape index (κ3) is 16.1. The molecule has 0 aliphatic heterocycles. The van der Waals surface area contributed by atoms with Gasteiger partial charge in [-0.05, 0) is 261 Å². The molecule has 0 spiro atoms. The Morgan fingerprint density at radius 1 is 0.378 bits per heavy atom. The predicted octanol–water partition coefficient (Wildman–Crippen LogP) is 16.3. The molecule has 0 aromatic heterocycles. The topological polar surface area (TPSA) is 210 Å². The van der Waals surface area contributed by atoms with E-state index in [1.54, 1.807) is 13.8 Å². The Hall–Kier alpha value is -5.28. The summed E-state index contributed by atoms with van der Waals surface area (Å²) in [6.07, 6.45) is 30.0. The predicted molar refractivity (Wildman–Crippen MR) is 374 cm³/mol. The van der Waals surface area contributed by atoms with Crippen LogP contribution in [0.3, 0.4) is 0 Å². The van der Waals surface area contributed by atoms with Gasteiger partial charge >= 0.3 is 47.8 Å². The summed E-state index contributed by atoms with van der Waals surface area (Å²) in [5, 5.41) is 0. The Morgan fingerprint density at radius 3 is 0.837 bits per heavy atom. The molecule has 98 heavy (non-hydrogen) atoms. The lowest BCUT2D eigenvalue weighted by Crippen LogP contribution is -2.65. The van der Waals surface area contributed by atoms with Crippen LogP contribution in [0.15, 0.2) is 49.6 Å². The van der Waals surface area contributed by atoms with Crippen LogP contribution in [0.2, 0.25) is 0 Å². The van der Waals surface area contributed by atoms with Crippen LogP contribution in [-0.2, 0) is 76.3 Å². The molecule has 0 heterocycles. The molecule has 0 aromatic rings. The quantitative estimate of drug-likeness (QED) is 0.0500. The largest absolute Gasteiger partial charge is 0.456 e. The first kappa shape index (κ1) is 76.9. The minimum Gasteiger partial charge on any atom is -0.456 e. The van der Waals surface area contributed by atoms with Gasteiger partial charge < -0.3 is 37.9 Å². The fraction of sp³-hybridized carbons (Fsp3) is 0.805. The van der Waals surface area contributed by atoms with Crippen molar-refractivity contribution in [1.82, 2.24) is 0 Å². The Morgan fingerprint density at radius 2 is 0.612 bits per heavy atom. The molecule has 16 aliphatic carbocycles. The third-order valence-corrected chi connectivity index (χ3v) is 27.0. The van der Waals surface area contributed by atoms with Crippen molar-refractivity contribution in [3.05, 3.63) is 49.6 Å². The lowest BCUT2D eigenvalue weighted by atomic mass is 9.43. The van der Waals surface area contributed by atoms with E-state index in [4.69, 9.17) is 37.9 Å². The third-order valence-electron chi connectivity index (χ3n) is 27.0. The van der Waals surface area contributed by atoms with Gasteiger partial charge in [-0.3, -0.25) is 0 Å². The smallest absolute Gasteiger partial charge is 0.344 e. The van der Waals surface area contributed by atoms with Crippen molar-refractivity contribution in [2.24, 2.45) is 116 Å². The van der Waals surface area contributed by atoms with Crippen LogP contribution in [0.4, 0.5) is 0 Å². The van der Waals surface area contributed by atoms with E-state index >= 15 is 0 Å². The molecule has 0 saturated heterocycles. The second-order valence-corrected chi connectivity index (χ2v) is 36.3. The molecule has 16 fully saturated rings. The zero-order chi connectivity index (χ0) is 71.9. The van der Waals surface area contributed by atoms with Crippen molar-refractivity contribution in [3.63, 3.8) is 0 Å². The summed E-state index contributed by atoms with van der Waals surface area (Å²) < 4.78 is 44.4. The zero-order valence-electron chi connectivity index (χ0n) is 62.6. The minimum atomic E-state index is -0.581. The molecule has 16 bridgehead atoms. The van der Waals surface area contributed by atoms with Crippen molar-refractivity contribution in [2.45, 2.75) is 273 Å². The van der Waals surface area contributed by atoms with E-state index in [1.165, 1.54) is 77.0 Å². The molecule has 16 rings (SSSR count). The summed E-state index contributed by atoms with van der Waals surface area (Å²) in [7, 11) is 0. The highest BCUT2D eigenvalue weighted by Crippen LogP contribution is 2.70. The van der Waals surface area contributed by atoms with E-state index < -0.39 is 47.8 Å². The molecule has 0 N–H and O–H groups in total. The van der Waals surface area contributed by atoms with Gasteiger partial charge in [-0.2, -0.15) is 0 Å². The average molecular weight is 1370 g/mol. The summed E-state index contributed by atoms with van der Waals surface area (Å²) in [5.74, 6) is 4.48. The monoisotopic (exact) mass is 1360 g/mol. The fourth-order valence-corrected chi connectivity index (χ4v) is 24.6. The first-order chi connectivity index (χ1) is 45.9. The Kier molecular flexibility index (Phi) is 23.5. The Labute approximate surface area is 587 Å². The van der Waals surface area contributed by atoms with Gasteiger partial charge in [0.2, 0.25) is 0 Å². The van der Waals surface area contributed by atoms with Gasteiger partial charge in [-0.15, -0.1) is 0 Å². The maximum atomic E-state index is 12.5. The minimum absolute atomic E-state index is 0.298. The molecule has 10 unspecified atom stereocenters. The molecule has 548 valence electrons. The number of carbonyl (C=O) groups is 8. The van der Waals surface area contributed by atoms with E-state index in [1.807, 2.05) is 0 Å².